The van der Waals surface area contributed by atoms with E-state index in [1.165, 1.54) is 19.1 Å². The number of benzene rings is 1. The molecular weight excluding hydrogens is 224 g/mol. The third-order valence-electron chi connectivity index (χ3n) is 1.93. The molecule has 0 saturated carbocycles. The normalized spacial score (nSPS) is 9.47. The highest BCUT2D eigenvalue weighted by Gasteiger charge is 2.11. The zero-order valence-electron chi connectivity index (χ0n) is 9.34. The van der Waals surface area contributed by atoms with Gasteiger partial charge in [0.15, 0.2) is 6.29 Å². The Morgan fingerprint density at radius 1 is 1.18 bits per heavy atom. The Balaban J connectivity index is 2.52. The number of rotatable bonds is 5. The molecule has 0 aliphatic rings. The number of hydrogen-bond donors (Lipinski definition) is 0. The summed E-state index contributed by atoms with van der Waals surface area (Å²) in [6.45, 7) is 1.24. The van der Waals surface area contributed by atoms with Crippen LogP contribution in [0, 0.1) is 0 Å². The summed E-state index contributed by atoms with van der Waals surface area (Å²) in [6, 6.07) is 6.31. The Bertz CT molecular complexity index is 425. The summed E-state index contributed by atoms with van der Waals surface area (Å²) < 4.78 is 9.44. The third-order valence-corrected chi connectivity index (χ3v) is 1.93. The highest BCUT2D eigenvalue weighted by atomic mass is 16.6. The minimum atomic E-state index is -0.611. The fourth-order valence-corrected chi connectivity index (χ4v) is 1.18. The maximum absolute atomic E-state index is 11.5. The predicted molar refractivity (Wildman–Crippen MR) is 58.7 cm³/mol. The molecule has 0 bridgehead atoms. The van der Waals surface area contributed by atoms with Gasteiger partial charge in [0.25, 0.3) is 0 Å². The molecule has 5 heteroatoms. The second-order valence-corrected chi connectivity index (χ2v) is 3.18. The molecular formula is C12H12O5. The van der Waals surface area contributed by atoms with Crippen LogP contribution in [0.5, 0.6) is 0 Å². The molecule has 0 aliphatic heterocycles. The van der Waals surface area contributed by atoms with E-state index in [1.807, 2.05) is 0 Å². The van der Waals surface area contributed by atoms with Gasteiger partial charge in [0.05, 0.1) is 5.56 Å². The van der Waals surface area contributed by atoms with Gasteiger partial charge in [-0.2, -0.15) is 0 Å². The summed E-state index contributed by atoms with van der Waals surface area (Å²) in [5, 5.41) is 0. The molecule has 17 heavy (non-hydrogen) atoms. The van der Waals surface area contributed by atoms with Crippen LogP contribution in [0.1, 0.15) is 27.6 Å². The molecule has 0 unspecified atom stereocenters. The van der Waals surface area contributed by atoms with Crippen LogP contribution in [-0.2, 0) is 14.3 Å². The van der Waals surface area contributed by atoms with E-state index < -0.39 is 11.9 Å². The van der Waals surface area contributed by atoms with Crippen molar-refractivity contribution in [2.75, 3.05) is 13.2 Å². The summed E-state index contributed by atoms with van der Waals surface area (Å²) in [5.74, 6) is -1.05. The van der Waals surface area contributed by atoms with E-state index in [4.69, 9.17) is 4.74 Å². The monoisotopic (exact) mass is 236 g/mol. The molecule has 1 rings (SSSR count). The lowest BCUT2D eigenvalue weighted by atomic mass is 10.1. The number of aldehydes is 1. The highest BCUT2D eigenvalue weighted by Crippen LogP contribution is 2.07. The van der Waals surface area contributed by atoms with Gasteiger partial charge in [-0.25, -0.2) is 4.79 Å². The van der Waals surface area contributed by atoms with Crippen LogP contribution in [0.25, 0.3) is 0 Å². The van der Waals surface area contributed by atoms with Crippen molar-refractivity contribution in [2.24, 2.45) is 0 Å². The maximum Gasteiger partial charge on any atom is 0.338 e. The molecule has 1 aromatic carbocycles. The van der Waals surface area contributed by atoms with Gasteiger partial charge in [0.1, 0.15) is 13.2 Å². The van der Waals surface area contributed by atoms with E-state index >= 15 is 0 Å². The predicted octanol–water partition coefficient (Wildman–Crippen LogP) is 1.22. The lowest BCUT2D eigenvalue weighted by Gasteiger charge is -2.06. The Hall–Kier alpha value is -2.17. The van der Waals surface area contributed by atoms with Crippen molar-refractivity contribution in [1.29, 1.82) is 0 Å². The molecule has 0 spiro atoms. The van der Waals surface area contributed by atoms with Crippen molar-refractivity contribution in [3.63, 3.8) is 0 Å². The van der Waals surface area contributed by atoms with Gasteiger partial charge >= 0.3 is 11.9 Å². The largest absolute Gasteiger partial charge is 0.462 e. The van der Waals surface area contributed by atoms with Gasteiger partial charge < -0.3 is 9.47 Å². The molecule has 90 valence electrons. The van der Waals surface area contributed by atoms with E-state index in [0.717, 1.165) is 0 Å². The SMILES string of the molecule is CC(=O)OCCOC(=O)c1ccccc1C=O. The smallest absolute Gasteiger partial charge is 0.338 e. The molecule has 0 atom stereocenters. The van der Waals surface area contributed by atoms with E-state index in [2.05, 4.69) is 4.74 Å². The van der Waals surface area contributed by atoms with Crippen LogP contribution in [-0.4, -0.2) is 31.4 Å². The first-order valence-electron chi connectivity index (χ1n) is 5.00. The molecule has 1 aromatic rings. The molecule has 5 nitrogen and oxygen atoms in total. The van der Waals surface area contributed by atoms with Gasteiger partial charge in [-0.1, -0.05) is 18.2 Å². The minimum absolute atomic E-state index is 0.00430. The van der Waals surface area contributed by atoms with Crippen molar-refractivity contribution in [3.05, 3.63) is 35.4 Å². The topological polar surface area (TPSA) is 69.7 Å². The van der Waals surface area contributed by atoms with Gasteiger partial charge in [0, 0.05) is 12.5 Å². The highest BCUT2D eigenvalue weighted by molar-refractivity contribution is 5.98. The second-order valence-electron chi connectivity index (χ2n) is 3.18. The fraction of sp³-hybridized carbons (Fsp3) is 0.250. The zero-order chi connectivity index (χ0) is 12.7. The Kier molecular flexibility index (Phi) is 4.87. The van der Waals surface area contributed by atoms with Gasteiger partial charge in [-0.3, -0.25) is 9.59 Å². The molecule has 0 amide bonds. The summed E-state index contributed by atoms with van der Waals surface area (Å²) >= 11 is 0. The summed E-state index contributed by atoms with van der Waals surface area (Å²) in [4.78, 5) is 32.7. The minimum Gasteiger partial charge on any atom is -0.462 e. The van der Waals surface area contributed by atoms with Crippen LogP contribution < -0.4 is 0 Å². The number of ether oxygens (including phenoxy) is 2. The molecule has 0 aromatic heterocycles. The van der Waals surface area contributed by atoms with Crippen molar-refractivity contribution >= 4 is 18.2 Å². The van der Waals surface area contributed by atoms with Crippen LogP contribution in [0.2, 0.25) is 0 Å². The fourth-order valence-electron chi connectivity index (χ4n) is 1.18. The average Bonchev–Trinajstić information content (AvgIpc) is 2.34. The second kappa shape index (κ2) is 6.42. The standard InChI is InChI=1S/C12H12O5/c1-9(14)16-6-7-17-12(15)11-5-3-2-4-10(11)8-13/h2-5,8H,6-7H2,1H3. The summed E-state index contributed by atoms with van der Waals surface area (Å²) in [7, 11) is 0. The first-order chi connectivity index (χ1) is 8.15. The molecule has 0 N–H and O–H groups in total. The number of carbonyl (C=O) groups is 3. The van der Waals surface area contributed by atoms with Crippen molar-refractivity contribution < 1.29 is 23.9 Å². The van der Waals surface area contributed by atoms with Crippen molar-refractivity contribution in [2.45, 2.75) is 6.92 Å². The maximum atomic E-state index is 11.5. The Morgan fingerprint density at radius 3 is 2.47 bits per heavy atom. The van der Waals surface area contributed by atoms with Gasteiger partial charge in [0.2, 0.25) is 0 Å². The lowest BCUT2D eigenvalue weighted by molar-refractivity contribution is -0.142. The van der Waals surface area contributed by atoms with Gasteiger partial charge in [-0.05, 0) is 6.07 Å². The van der Waals surface area contributed by atoms with E-state index in [0.29, 0.717) is 6.29 Å². The summed E-state index contributed by atoms with van der Waals surface area (Å²) in [5.41, 5.74) is 0.468. The third kappa shape index (κ3) is 4.06. The van der Waals surface area contributed by atoms with Crippen molar-refractivity contribution in [3.8, 4) is 0 Å². The molecule has 0 fully saturated rings. The quantitative estimate of drug-likeness (QED) is 0.436. The van der Waals surface area contributed by atoms with E-state index in [1.54, 1.807) is 12.1 Å². The van der Waals surface area contributed by atoms with Crippen LogP contribution in [0.4, 0.5) is 0 Å². The molecule has 0 heterocycles. The zero-order valence-corrected chi connectivity index (χ0v) is 9.34. The van der Waals surface area contributed by atoms with Gasteiger partial charge in [-0.15, -0.1) is 0 Å². The van der Waals surface area contributed by atoms with Crippen molar-refractivity contribution in [1.82, 2.24) is 0 Å². The molecule has 0 aliphatic carbocycles. The molecule has 0 radical (unpaired) electrons. The van der Waals surface area contributed by atoms with Crippen LogP contribution >= 0.6 is 0 Å². The molecule has 0 saturated heterocycles. The van der Waals surface area contributed by atoms with Crippen LogP contribution in [0.3, 0.4) is 0 Å². The number of hydrogen-bond acceptors (Lipinski definition) is 5. The first-order valence-corrected chi connectivity index (χ1v) is 5.00. The Morgan fingerprint density at radius 2 is 1.82 bits per heavy atom. The Labute approximate surface area is 98.3 Å². The lowest BCUT2D eigenvalue weighted by Crippen LogP contribution is -2.13. The van der Waals surface area contributed by atoms with E-state index in [-0.39, 0.29) is 24.3 Å². The number of esters is 2. The first kappa shape index (κ1) is 12.9. The number of carbonyl (C=O) groups excluding carboxylic acids is 3. The average molecular weight is 236 g/mol. The van der Waals surface area contributed by atoms with Crippen LogP contribution in [0.15, 0.2) is 24.3 Å². The van der Waals surface area contributed by atoms with E-state index in [9.17, 15) is 14.4 Å². The summed E-state index contributed by atoms with van der Waals surface area (Å²) in [6.07, 6.45) is 0.586.